The monoisotopic (exact) mass is 275 g/mol. The summed E-state index contributed by atoms with van der Waals surface area (Å²) in [7, 11) is 0. The smallest absolute Gasteiger partial charge is 0.270 e. The topological polar surface area (TPSA) is 60.2 Å². The lowest BCUT2D eigenvalue weighted by atomic mass is 10.0. The Labute approximate surface area is 114 Å². The maximum atomic E-state index is 11.3. The Kier molecular flexibility index (Phi) is 3.62. The predicted molar refractivity (Wildman–Crippen MR) is 73.5 cm³/mol. The van der Waals surface area contributed by atoms with Crippen LogP contribution in [0.1, 0.15) is 17.3 Å². The molecule has 0 fully saturated rings. The number of carbonyl (C=O) groups excluding carboxylic acids is 1. The lowest BCUT2D eigenvalue weighted by Crippen LogP contribution is -1.93. The molecule has 0 aliphatic rings. The van der Waals surface area contributed by atoms with Gasteiger partial charge in [-0.25, -0.2) is 0 Å². The summed E-state index contributed by atoms with van der Waals surface area (Å²) in [5.41, 5.74) is 1.88. The Morgan fingerprint density at radius 3 is 2.42 bits per heavy atom. The van der Waals surface area contributed by atoms with Crippen LogP contribution in [0.2, 0.25) is 5.02 Å². The first kappa shape index (κ1) is 13.2. The molecule has 5 heteroatoms. The van der Waals surface area contributed by atoms with E-state index < -0.39 is 4.92 Å². The molecule has 2 aromatic rings. The molecule has 96 valence electrons. The second-order valence-corrected chi connectivity index (χ2v) is 4.47. The van der Waals surface area contributed by atoms with Gasteiger partial charge in [0, 0.05) is 17.7 Å². The normalized spacial score (nSPS) is 10.2. The summed E-state index contributed by atoms with van der Waals surface area (Å²) in [5, 5.41) is 11.1. The van der Waals surface area contributed by atoms with Crippen molar-refractivity contribution in [1.82, 2.24) is 0 Å². The Morgan fingerprint density at radius 2 is 1.84 bits per heavy atom. The van der Waals surface area contributed by atoms with Gasteiger partial charge in [0.1, 0.15) is 0 Å². The van der Waals surface area contributed by atoms with Crippen LogP contribution >= 0.6 is 11.6 Å². The van der Waals surface area contributed by atoms with Crippen LogP contribution < -0.4 is 0 Å². The Morgan fingerprint density at radius 1 is 1.16 bits per heavy atom. The summed E-state index contributed by atoms with van der Waals surface area (Å²) in [6.45, 7) is 1.44. The minimum atomic E-state index is -0.449. The van der Waals surface area contributed by atoms with Crippen LogP contribution in [0.3, 0.4) is 0 Å². The van der Waals surface area contributed by atoms with Crippen molar-refractivity contribution in [2.24, 2.45) is 0 Å². The molecule has 0 aliphatic carbocycles. The Bertz CT molecular complexity index is 667. The van der Waals surface area contributed by atoms with Crippen molar-refractivity contribution in [1.29, 1.82) is 0 Å². The first-order chi connectivity index (χ1) is 8.99. The number of hydrogen-bond acceptors (Lipinski definition) is 3. The van der Waals surface area contributed by atoms with E-state index in [1.54, 1.807) is 30.3 Å². The molecular weight excluding hydrogens is 266 g/mol. The lowest BCUT2D eigenvalue weighted by molar-refractivity contribution is -0.384. The highest BCUT2D eigenvalue weighted by atomic mass is 35.5. The molecule has 19 heavy (non-hydrogen) atoms. The summed E-state index contributed by atoms with van der Waals surface area (Å²) in [6, 6.07) is 11.2. The summed E-state index contributed by atoms with van der Waals surface area (Å²) >= 11 is 6.02. The number of ketones is 1. The van der Waals surface area contributed by atoms with Gasteiger partial charge in [0.15, 0.2) is 5.78 Å². The van der Waals surface area contributed by atoms with E-state index in [-0.39, 0.29) is 11.5 Å². The van der Waals surface area contributed by atoms with Crippen molar-refractivity contribution in [3.63, 3.8) is 0 Å². The SMILES string of the molecule is CC(=O)c1ccc(-c2cccc([N+](=O)[O-])c2)cc1Cl. The van der Waals surface area contributed by atoms with Gasteiger partial charge >= 0.3 is 0 Å². The third kappa shape index (κ3) is 2.80. The lowest BCUT2D eigenvalue weighted by Gasteiger charge is -2.05. The second kappa shape index (κ2) is 5.20. The summed E-state index contributed by atoms with van der Waals surface area (Å²) in [5.74, 6) is -0.115. The number of Topliss-reactive ketones (excluding diaryl/α,β-unsaturated/α-hetero) is 1. The molecule has 0 radical (unpaired) electrons. The summed E-state index contributed by atoms with van der Waals surface area (Å²) in [6.07, 6.45) is 0. The molecule has 0 spiro atoms. The minimum Gasteiger partial charge on any atom is -0.294 e. The molecule has 4 nitrogen and oxygen atoms in total. The van der Waals surface area contributed by atoms with Gasteiger partial charge in [-0.15, -0.1) is 0 Å². The van der Waals surface area contributed by atoms with E-state index in [9.17, 15) is 14.9 Å². The number of rotatable bonds is 3. The van der Waals surface area contributed by atoms with Crippen molar-refractivity contribution in [2.75, 3.05) is 0 Å². The zero-order valence-electron chi connectivity index (χ0n) is 10.1. The average molecular weight is 276 g/mol. The molecule has 0 amide bonds. The average Bonchev–Trinajstić information content (AvgIpc) is 2.38. The molecule has 0 unspecified atom stereocenters. The van der Waals surface area contributed by atoms with E-state index in [1.807, 2.05) is 0 Å². The van der Waals surface area contributed by atoms with Gasteiger partial charge in [0.05, 0.1) is 9.95 Å². The number of carbonyl (C=O) groups is 1. The van der Waals surface area contributed by atoms with Gasteiger partial charge < -0.3 is 0 Å². The van der Waals surface area contributed by atoms with E-state index in [0.717, 1.165) is 5.56 Å². The van der Waals surface area contributed by atoms with Crippen LogP contribution in [0.25, 0.3) is 11.1 Å². The van der Waals surface area contributed by atoms with Gasteiger partial charge in [-0.2, -0.15) is 0 Å². The Balaban J connectivity index is 2.48. The van der Waals surface area contributed by atoms with Gasteiger partial charge in [-0.3, -0.25) is 14.9 Å². The number of halogens is 1. The quantitative estimate of drug-likeness (QED) is 0.481. The molecule has 0 aromatic heterocycles. The second-order valence-electron chi connectivity index (χ2n) is 4.06. The van der Waals surface area contributed by atoms with Crippen LogP contribution in [0.5, 0.6) is 0 Å². The highest BCUT2D eigenvalue weighted by molar-refractivity contribution is 6.34. The molecule has 2 aromatic carbocycles. The molecule has 0 heterocycles. The first-order valence-electron chi connectivity index (χ1n) is 5.54. The van der Waals surface area contributed by atoms with Crippen molar-refractivity contribution >= 4 is 23.1 Å². The molecule has 0 saturated heterocycles. The summed E-state index contributed by atoms with van der Waals surface area (Å²) < 4.78 is 0. The molecular formula is C14H10ClNO3. The third-order valence-corrected chi connectivity index (χ3v) is 3.05. The fraction of sp³-hybridized carbons (Fsp3) is 0.0714. The molecule has 0 atom stereocenters. The number of nitro benzene ring substituents is 1. The van der Waals surface area contributed by atoms with Gasteiger partial charge in [-0.1, -0.05) is 29.8 Å². The van der Waals surface area contributed by atoms with Crippen LogP contribution in [0, 0.1) is 10.1 Å². The molecule has 2 rings (SSSR count). The van der Waals surface area contributed by atoms with Gasteiger partial charge in [0.2, 0.25) is 0 Å². The molecule has 0 N–H and O–H groups in total. The standard InChI is InChI=1S/C14H10ClNO3/c1-9(17)13-6-5-11(8-14(13)15)10-3-2-4-12(7-10)16(18)19/h2-8H,1H3. The van der Waals surface area contributed by atoms with Crippen molar-refractivity contribution < 1.29 is 9.72 Å². The van der Waals surface area contributed by atoms with Crippen molar-refractivity contribution in [3.05, 3.63) is 63.2 Å². The van der Waals surface area contributed by atoms with E-state index in [2.05, 4.69) is 0 Å². The number of nitro groups is 1. The van der Waals surface area contributed by atoms with Crippen LogP contribution in [-0.4, -0.2) is 10.7 Å². The predicted octanol–water partition coefficient (Wildman–Crippen LogP) is 4.12. The van der Waals surface area contributed by atoms with Gasteiger partial charge in [0.25, 0.3) is 5.69 Å². The number of benzene rings is 2. The first-order valence-corrected chi connectivity index (χ1v) is 5.92. The van der Waals surface area contributed by atoms with Crippen molar-refractivity contribution in [3.8, 4) is 11.1 Å². The van der Waals surface area contributed by atoms with Crippen molar-refractivity contribution in [2.45, 2.75) is 6.92 Å². The summed E-state index contributed by atoms with van der Waals surface area (Å²) in [4.78, 5) is 21.6. The largest absolute Gasteiger partial charge is 0.294 e. The van der Waals surface area contributed by atoms with E-state index in [1.165, 1.54) is 19.1 Å². The van der Waals surface area contributed by atoms with E-state index in [0.29, 0.717) is 16.1 Å². The minimum absolute atomic E-state index is 0.0178. The van der Waals surface area contributed by atoms with Crippen LogP contribution in [0.4, 0.5) is 5.69 Å². The molecule has 0 aliphatic heterocycles. The Hall–Kier alpha value is -2.20. The third-order valence-electron chi connectivity index (χ3n) is 2.74. The van der Waals surface area contributed by atoms with Gasteiger partial charge in [-0.05, 0) is 30.2 Å². The van der Waals surface area contributed by atoms with Crippen LogP contribution in [-0.2, 0) is 0 Å². The number of non-ortho nitro benzene ring substituents is 1. The van der Waals surface area contributed by atoms with E-state index >= 15 is 0 Å². The maximum Gasteiger partial charge on any atom is 0.270 e. The fourth-order valence-electron chi connectivity index (χ4n) is 1.78. The molecule has 0 saturated carbocycles. The zero-order valence-corrected chi connectivity index (χ0v) is 10.8. The molecule has 0 bridgehead atoms. The van der Waals surface area contributed by atoms with Crippen LogP contribution in [0.15, 0.2) is 42.5 Å². The fourth-order valence-corrected chi connectivity index (χ4v) is 2.09. The highest BCUT2D eigenvalue weighted by Crippen LogP contribution is 2.28. The highest BCUT2D eigenvalue weighted by Gasteiger charge is 2.10. The maximum absolute atomic E-state index is 11.3. The van der Waals surface area contributed by atoms with E-state index in [4.69, 9.17) is 11.6 Å². The number of nitrogens with zero attached hydrogens (tertiary/aromatic N) is 1. The number of hydrogen-bond donors (Lipinski definition) is 0. The zero-order chi connectivity index (χ0) is 14.0.